The molecule has 2 heterocycles. The number of hydrogen-bond acceptors (Lipinski definition) is 4. The van der Waals surface area contributed by atoms with Crippen LogP contribution in [0.1, 0.15) is 31.1 Å². The summed E-state index contributed by atoms with van der Waals surface area (Å²) in [5.41, 5.74) is 1.14. The molecule has 0 aliphatic carbocycles. The minimum Gasteiger partial charge on any atom is -0.491 e. The normalized spacial score (nSPS) is 10.9. The summed E-state index contributed by atoms with van der Waals surface area (Å²) in [6.45, 7) is 6.02. The van der Waals surface area contributed by atoms with E-state index < -0.39 is 0 Å². The van der Waals surface area contributed by atoms with E-state index in [2.05, 4.69) is 5.10 Å². The summed E-state index contributed by atoms with van der Waals surface area (Å²) >= 11 is 0. The number of pyridine rings is 1. The van der Waals surface area contributed by atoms with Gasteiger partial charge in [-0.05, 0) is 26.8 Å². The minimum atomic E-state index is -0.366. The third-order valence-corrected chi connectivity index (χ3v) is 2.36. The Morgan fingerprint density at radius 3 is 2.94 bits per heavy atom. The molecule has 0 amide bonds. The van der Waals surface area contributed by atoms with Crippen molar-refractivity contribution in [2.24, 2.45) is 0 Å². The zero-order valence-electron chi connectivity index (χ0n) is 10.7. The lowest BCUT2D eigenvalue weighted by Gasteiger charge is -2.09. The molecule has 0 saturated heterocycles. The van der Waals surface area contributed by atoms with Gasteiger partial charge in [-0.1, -0.05) is 0 Å². The molecule has 5 heteroatoms. The first-order chi connectivity index (χ1) is 8.61. The van der Waals surface area contributed by atoms with Gasteiger partial charge in [-0.25, -0.2) is 9.31 Å². The SMILES string of the molecule is CCOC(=O)c1cnn2ccc(OC(C)C)cc12. The molecule has 0 spiro atoms. The van der Waals surface area contributed by atoms with Crippen LogP contribution in [-0.4, -0.2) is 28.3 Å². The number of carbonyl (C=O) groups excluding carboxylic acids is 1. The first kappa shape index (κ1) is 12.4. The average Bonchev–Trinajstić information content (AvgIpc) is 2.71. The molecule has 2 rings (SSSR count). The number of esters is 1. The lowest BCUT2D eigenvalue weighted by Crippen LogP contribution is -2.07. The summed E-state index contributed by atoms with van der Waals surface area (Å²) in [6, 6.07) is 3.61. The van der Waals surface area contributed by atoms with Gasteiger partial charge in [0.1, 0.15) is 11.3 Å². The number of rotatable bonds is 4. The molecule has 2 aromatic rings. The molecule has 0 N–H and O–H groups in total. The summed E-state index contributed by atoms with van der Waals surface area (Å²) in [5, 5.41) is 4.10. The van der Waals surface area contributed by atoms with Crippen LogP contribution in [0.4, 0.5) is 0 Å². The van der Waals surface area contributed by atoms with Crippen LogP contribution in [0, 0.1) is 0 Å². The van der Waals surface area contributed by atoms with E-state index in [0.717, 1.165) is 0 Å². The Bertz CT molecular complexity index is 560. The van der Waals surface area contributed by atoms with Crippen molar-refractivity contribution in [1.82, 2.24) is 9.61 Å². The van der Waals surface area contributed by atoms with Gasteiger partial charge in [-0.2, -0.15) is 5.10 Å². The van der Waals surface area contributed by atoms with Crippen molar-refractivity contribution in [3.63, 3.8) is 0 Å². The number of carbonyl (C=O) groups is 1. The average molecular weight is 248 g/mol. The molecule has 18 heavy (non-hydrogen) atoms. The number of fused-ring (bicyclic) bond motifs is 1. The Kier molecular flexibility index (Phi) is 3.50. The summed E-state index contributed by atoms with van der Waals surface area (Å²) < 4.78 is 12.2. The minimum absolute atomic E-state index is 0.0846. The molecule has 0 aromatic carbocycles. The highest BCUT2D eigenvalue weighted by atomic mass is 16.5. The van der Waals surface area contributed by atoms with Gasteiger partial charge in [0.15, 0.2) is 0 Å². The quantitative estimate of drug-likeness (QED) is 0.779. The van der Waals surface area contributed by atoms with Gasteiger partial charge in [-0.15, -0.1) is 0 Å². The predicted molar refractivity (Wildman–Crippen MR) is 66.9 cm³/mol. The van der Waals surface area contributed by atoms with Crippen molar-refractivity contribution in [3.05, 3.63) is 30.1 Å². The molecule has 0 atom stereocenters. The van der Waals surface area contributed by atoms with E-state index in [1.54, 1.807) is 23.7 Å². The second-order valence-corrected chi connectivity index (χ2v) is 4.14. The smallest absolute Gasteiger partial charge is 0.341 e. The fraction of sp³-hybridized carbons (Fsp3) is 0.385. The van der Waals surface area contributed by atoms with Crippen LogP contribution in [0.15, 0.2) is 24.5 Å². The van der Waals surface area contributed by atoms with Crippen LogP contribution in [0.25, 0.3) is 5.52 Å². The maximum atomic E-state index is 11.7. The van der Waals surface area contributed by atoms with Crippen LogP contribution in [0.2, 0.25) is 0 Å². The van der Waals surface area contributed by atoms with Crippen LogP contribution in [0.3, 0.4) is 0 Å². The fourth-order valence-electron chi connectivity index (χ4n) is 1.67. The highest BCUT2D eigenvalue weighted by Gasteiger charge is 2.14. The highest BCUT2D eigenvalue weighted by molar-refractivity contribution is 5.96. The third kappa shape index (κ3) is 2.45. The van der Waals surface area contributed by atoms with Crippen LogP contribution in [-0.2, 0) is 4.74 Å². The van der Waals surface area contributed by atoms with Gasteiger partial charge < -0.3 is 9.47 Å². The molecule has 0 aliphatic heterocycles. The molecular weight excluding hydrogens is 232 g/mol. The first-order valence-electron chi connectivity index (χ1n) is 5.93. The van der Waals surface area contributed by atoms with Gasteiger partial charge in [-0.3, -0.25) is 0 Å². The zero-order chi connectivity index (χ0) is 13.1. The molecule has 0 bridgehead atoms. The van der Waals surface area contributed by atoms with E-state index in [1.165, 1.54) is 6.20 Å². The van der Waals surface area contributed by atoms with E-state index in [9.17, 15) is 4.79 Å². The van der Waals surface area contributed by atoms with Gasteiger partial charge in [0.25, 0.3) is 0 Å². The zero-order valence-corrected chi connectivity index (χ0v) is 10.7. The lowest BCUT2D eigenvalue weighted by molar-refractivity contribution is 0.0528. The Labute approximate surface area is 105 Å². The van der Waals surface area contributed by atoms with E-state index in [0.29, 0.717) is 23.4 Å². The van der Waals surface area contributed by atoms with E-state index in [1.807, 2.05) is 19.9 Å². The van der Waals surface area contributed by atoms with Crippen LogP contribution < -0.4 is 4.74 Å². The summed E-state index contributed by atoms with van der Waals surface area (Å²) in [4.78, 5) is 11.7. The van der Waals surface area contributed by atoms with E-state index >= 15 is 0 Å². The number of ether oxygens (including phenoxy) is 2. The van der Waals surface area contributed by atoms with Crippen molar-refractivity contribution in [2.45, 2.75) is 26.9 Å². The summed E-state index contributed by atoms with van der Waals surface area (Å²) in [5.74, 6) is 0.345. The standard InChI is InChI=1S/C13H16N2O3/c1-4-17-13(16)11-8-14-15-6-5-10(7-12(11)15)18-9(2)3/h5-9H,4H2,1-3H3. The third-order valence-electron chi connectivity index (χ3n) is 2.36. The summed E-state index contributed by atoms with van der Waals surface area (Å²) in [7, 11) is 0. The van der Waals surface area contributed by atoms with E-state index in [4.69, 9.17) is 9.47 Å². The Hall–Kier alpha value is -2.04. The molecule has 0 aliphatic rings. The maximum Gasteiger partial charge on any atom is 0.341 e. The Balaban J connectivity index is 2.40. The molecule has 0 saturated carbocycles. The van der Waals surface area contributed by atoms with Crippen molar-refractivity contribution < 1.29 is 14.3 Å². The van der Waals surface area contributed by atoms with Crippen LogP contribution >= 0.6 is 0 Å². The molecular formula is C13H16N2O3. The lowest BCUT2D eigenvalue weighted by atomic mass is 10.2. The molecule has 96 valence electrons. The van der Waals surface area contributed by atoms with Gasteiger partial charge >= 0.3 is 5.97 Å². The number of nitrogens with zero attached hydrogens (tertiary/aromatic N) is 2. The monoisotopic (exact) mass is 248 g/mol. The van der Waals surface area contributed by atoms with Crippen molar-refractivity contribution in [2.75, 3.05) is 6.61 Å². The molecule has 0 unspecified atom stereocenters. The topological polar surface area (TPSA) is 52.8 Å². The second-order valence-electron chi connectivity index (χ2n) is 4.14. The van der Waals surface area contributed by atoms with Crippen LogP contribution in [0.5, 0.6) is 5.75 Å². The number of hydrogen-bond donors (Lipinski definition) is 0. The van der Waals surface area contributed by atoms with E-state index in [-0.39, 0.29) is 12.1 Å². The van der Waals surface area contributed by atoms with Gasteiger partial charge in [0.05, 0.1) is 24.4 Å². The van der Waals surface area contributed by atoms with Crippen molar-refractivity contribution in [3.8, 4) is 5.75 Å². The maximum absolute atomic E-state index is 11.7. The summed E-state index contributed by atoms with van der Waals surface area (Å²) in [6.07, 6.45) is 3.35. The highest BCUT2D eigenvalue weighted by Crippen LogP contribution is 2.19. The first-order valence-corrected chi connectivity index (χ1v) is 5.93. The van der Waals surface area contributed by atoms with Crippen molar-refractivity contribution in [1.29, 1.82) is 0 Å². The Morgan fingerprint density at radius 2 is 2.28 bits per heavy atom. The Morgan fingerprint density at radius 1 is 1.50 bits per heavy atom. The van der Waals surface area contributed by atoms with Gasteiger partial charge in [0.2, 0.25) is 0 Å². The second kappa shape index (κ2) is 5.08. The van der Waals surface area contributed by atoms with Crippen molar-refractivity contribution >= 4 is 11.5 Å². The van der Waals surface area contributed by atoms with Gasteiger partial charge in [0, 0.05) is 12.3 Å². The number of aromatic nitrogens is 2. The largest absolute Gasteiger partial charge is 0.491 e. The molecule has 2 aromatic heterocycles. The fourth-order valence-corrected chi connectivity index (χ4v) is 1.67. The molecule has 5 nitrogen and oxygen atoms in total. The molecule has 0 radical (unpaired) electrons. The molecule has 0 fully saturated rings. The predicted octanol–water partition coefficient (Wildman–Crippen LogP) is 2.30.